The summed E-state index contributed by atoms with van der Waals surface area (Å²) >= 11 is 13.0. The summed E-state index contributed by atoms with van der Waals surface area (Å²) in [5.41, 5.74) is 0.267. The number of aromatic amines is 1. The monoisotopic (exact) mass is 347 g/mol. The second kappa shape index (κ2) is 6.55. The molecule has 0 aliphatic heterocycles. The Balaban J connectivity index is 2.38. The summed E-state index contributed by atoms with van der Waals surface area (Å²) in [7, 11) is 0. The Hall–Kier alpha value is -1.44. The molecule has 0 fully saturated rings. The largest absolute Gasteiger partial charge is 0.481 e. The van der Waals surface area contributed by atoms with Crippen LogP contribution in [0, 0.1) is 0 Å². The number of halogens is 2. The van der Waals surface area contributed by atoms with Gasteiger partial charge in [0.05, 0.1) is 11.8 Å². The maximum Gasteiger partial charge on any atom is 0.344 e. The van der Waals surface area contributed by atoms with E-state index in [1.54, 1.807) is 25.1 Å². The first-order valence-electron chi connectivity index (χ1n) is 5.86. The average Bonchev–Trinajstić information content (AvgIpc) is 2.77. The highest BCUT2D eigenvalue weighted by atomic mass is 35.5. The van der Waals surface area contributed by atoms with E-state index in [0.29, 0.717) is 20.8 Å². The van der Waals surface area contributed by atoms with Crippen molar-refractivity contribution in [2.75, 3.05) is 5.75 Å². The van der Waals surface area contributed by atoms with Crippen LogP contribution in [0.25, 0.3) is 0 Å². The molecule has 0 aliphatic rings. The highest BCUT2D eigenvalue weighted by Gasteiger charge is 2.19. The summed E-state index contributed by atoms with van der Waals surface area (Å²) in [4.78, 5) is 22.5. The standard InChI is InChI=1S/C12H11Cl2N3O3S/c1-6(8-3-2-7(13)4-9(8)14)17-11(20)15-16-12(17)21-5-10(18)19/h2-4,6H,5H2,1H3,(H,15,20)(H,18,19). The zero-order valence-electron chi connectivity index (χ0n) is 10.8. The molecule has 0 spiro atoms. The number of nitrogens with zero attached hydrogens (tertiary/aromatic N) is 2. The van der Waals surface area contributed by atoms with E-state index in [4.69, 9.17) is 28.3 Å². The fourth-order valence-electron chi connectivity index (χ4n) is 1.84. The van der Waals surface area contributed by atoms with Crippen molar-refractivity contribution in [3.63, 3.8) is 0 Å². The molecule has 0 amide bonds. The minimum Gasteiger partial charge on any atom is -0.481 e. The lowest BCUT2D eigenvalue weighted by molar-refractivity contribution is -0.133. The molecule has 1 heterocycles. The molecule has 2 aromatic rings. The zero-order valence-corrected chi connectivity index (χ0v) is 13.2. The number of thioether (sulfide) groups is 1. The lowest BCUT2D eigenvalue weighted by Gasteiger charge is -2.16. The van der Waals surface area contributed by atoms with Crippen LogP contribution >= 0.6 is 35.0 Å². The van der Waals surface area contributed by atoms with Gasteiger partial charge in [0.15, 0.2) is 5.16 Å². The molecule has 6 nitrogen and oxygen atoms in total. The van der Waals surface area contributed by atoms with Gasteiger partial charge >= 0.3 is 11.7 Å². The maximum atomic E-state index is 11.9. The third-order valence-corrected chi connectivity index (χ3v) is 4.30. The number of aliphatic carboxylic acids is 1. The number of hydrogen-bond donors (Lipinski definition) is 2. The molecule has 2 N–H and O–H groups in total. The normalized spacial score (nSPS) is 12.3. The molecule has 0 saturated heterocycles. The highest BCUT2D eigenvalue weighted by Crippen LogP contribution is 2.29. The van der Waals surface area contributed by atoms with Gasteiger partial charge in [-0.1, -0.05) is 41.0 Å². The second-order valence-electron chi connectivity index (χ2n) is 4.21. The molecule has 1 unspecified atom stereocenters. The van der Waals surface area contributed by atoms with Crippen LogP contribution in [0.3, 0.4) is 0 Å². The van der Waals surface area contributed by atoms with Crippen LogP contribution in [-0.4, -0.2) is 31.6 Å². The fourth-order valence-corrected chi connectivity index (χ4v) is 3.15. The summed E-state index contributed by atoms with van der Waals surface area (Å²) in [6.45, 7) is 1.77. The first kappa shape index (κ1) is 15.9. The number of aromatic nitrogens is 3. The topological polar surface area (TPSA) is 88.0 Å². The number of benzene rings is 1. The Bertz CT molecular complexity index is 729. The van der Waals surface area contributed by atoms with Gasteiger partial charge in [-0.05, 0) is 24.6 Å². The van der Waals surface area contributed by atoms with E-state index in [0.717, 1.165) is 11.8 Å². The number of H-pyrrole nitrogens is 1. The van der Waals surface area contributed by atoms with Crippen LogP contribution in [0.2, 0.25) is 10.0 Å². The smallest absolute Gasteiger partial charge is 0.344 e. The van der Waals surface area contributed by atoms with Crippen molar-refractivity contribution < 1.29 is 9.90 Å². The Kier molecular flexibility index (Phi) is 4.97. The number of hydrogen-bond acceptors (Lipinski definition) is 4. The Morgan fingerprint density at radius 1 is 1.52 bits per heavy atom. The Labute approximate surface area is 134 Å². The van der Waals surface area contributed by atoms with Crippen molar-refractivity contribution in [2.45, 2.75) is 18.1 Å². The molecule has 112 valence electrons. The fraction of sp³-hybridized carbons (Fsp3) is 0.250. The van der Waals surface area contributed by atoms with Gasteiger partial charge in [0.2, 0.25) is 0 Å². The van der Waals surface area contributed by atoms with Gasteiger partial charge < -0.3 is 5.11 Å². The van der Waals surface area contributed by atoms with Crippen LogP contribution in [-0.2, 0) is 4.79 Å². The summed E-state index contributed by atoms with van der Waals surface area (Å²) in [6, 6.07) is 4.58. The van der Waals surface area contributed by atoms with Gasteiger partial charge in [-0.25, -0.2) is 9.89 Å². The minimum atomic E-state index is -0.987. The van der Waals surface area contributed by atoms with Gasteiger partial charge in [-0.2, -0.15) is 0 Å². The highest BCUT2D eigenvalue weighted by molar-refractivity contribution is 7.99. The number of carbonyl (C=O) groups is 1. The van der Waals surface area contributed by atoms with Crippen LogP contribution in [0.1, 0.15) is 18.5 Å². The molecule has 9 heteroatoms. The molecule has 0 saturated carbocycles. The van der Waals surface area contributed by atoms with Crippen LogP contribution < -0.4 is 5.69 Å². The van der Waals surface area contributed by atoms with Gasteiger partial charge in [-0.3, -0.25) is 9.36 Å². The van der Waals surface area contributed by atoms with Crippen molar-refractivity contribution in [1.29, 1.82) is 0 Å². The molecular formula is C12H11Cl2N3O3S. The van der Waals surface area contributed by atoms with Gasteiger partial charge in [0, 0.05) is 10.0 Å². The van der Waals surface area contributed by atoms with Crippen molar-refractivity contribution in [2.24, 2.45) is 0 Å². The van der Waals surface area contributed by atoms with Crippen molar-refractivity contribution in [1.82, 2.24) is 14.8 Å². The van der Waals surface area contributed by atoms with Gasteiger partial charge in [-0.15, -0.1) is 5.10 Å². The Morgan fingerprint density at radius 2 is 2.24 bits per heavy atom. The molecule has 21 heavy (non-hydrogen) atoms. The molecule has 0 radical (unpaired) electrons. The number of carboxylic acid groups (broad SMARTS) is 1. The SMILES string of the molecule is CC(c1ccc(Cl)cc1Cl)n1c(SCC(=O)O)n[nH]c1=O. The zero-order chi connectivity index (χ0) is 15.6. The lowest BCUT2D eigenvalue weighted by Crippen LogP contribution is -2.22. The third-order valence-electron chi connectivity index (χ3n) is 2.80. The third kappa shape index (κ3) is 3.61. The minimum absolute atomic E-state index is 0.189. The number of carboxylic acids is 1. The molecular weight excluding hydrogens is 337 g/mol. The number of nitrogens with one attached hydrogen (secondary N) is 1. The Morgan fingerprint density at radius 3 is 2.86 bits per heavy atom. The lowest BCUT2D eigenvalue weighted by atomic mass is 10.1. The van der Waals surface area contributed by atoms with Crippen LogP contribution in [0.15, 0.2) is 28.2 Å². The molecule has 1 atom stereocenters. The van der Waals surface area contributed by atoms with Gasteiger partial charge in [0.1, 0.15) is 0 Å². The van der Waals surface area contributed by atoms with Gasteiger partial charge in [0.25, 0.3) is 0 Å². The molecule has 0 bridgehead atoms. The first-order chi connectivity index (χ1) is 9.90. The van der Waals surface area contributed by atoms with Crippen LogP contribution in [0.5, 0.6) is 0 Å². The summed E-state index contributed by atoms with van der Waals surface area (Å²) < 4.78 is 1.36. The van der Waals surface area contributed by atoms with Crippen molar-refractivity contribution in [3.05, 3.63) is 44.3 Å². The van der Waals surface area contributed by atoms with Crippen molar-refractivity contribution in [3.8, 4) is 0 Å². The van der Waals surface area contributed by atoms with E-state index in [1.807, 2.05) is 0 Å². The molecule has 1 aromatic carbocycles. The van der Waals surface area contributed by atoms with E-state index in [-0.39, 0.29) is 5.75 Å². The summed E-state index contributed by atoms with van der Waals surface area (Å²) in [5.74, 6) is -1.18. The van der Waals surface area contributed by atoms with E-state index >= 15 is 0 Å². The quantitative estimate of drug-likeness (QED) is 0.811. The van der Waals surface area contributed by atoms with Crippen LogP contribution in [0.4, 0.5) is 0 Å². The number of rotatable bonds is 5. The van der Waals surface area contributed by atoms with E-state index in [1.165, 1.54) is 4.57 Å². The second-order valence-corrected chi connectivity index (χ2v) is 5.99. The molecule has 1 aromatic heterocycles. The van der Waals surface area contributed by atoms with E-state index < -0.39 is 17.7 Å². The summed E-state index contributed by atoms with van der Waals surface area (Å²) in [6.07, 6.45) is 0. The first-order valence-corrected chi connectivity index (χ1v) is 7.60. The van der Waals surface area contributed by atoms with E-state index in [2.05, 4.69) is 10.2 Å². The molecule has 2 rings (SSSR count). The van der Waals surface area contributed by atoms with Crippen molar-refractivity contribution >= 4 is 40.9 Å². The predicted molar refractivity (Wildman–Crippen MR) is 81.5 cm³/mol. The predicted octanol–water partition coefficient (Wildman–Crippen LogP) is 2.66. The summed E-state index contributed by atoms with van der Waals surface area (Å²) in [5, 5.41) is 16.1. The average molecular weight is 348 g/mol. The van der Waals surface area contributed by atoms with E-state index in [9.17, 15) is 9.59 Å². The molecule has 0 aliphatic carbocycles. The maximum absolute atomic E-state index is 11.9.